The van der Waals surface area contributed by atoms with E-state index >= 15 is 0 Å². The quantitative estimate of drug-likeness (QED) is 0.733. The van der Waals surface area contributed by atoms with E-state index in [4.69, 9.17) is 5.73 Å². The van der Waals surface area contributed by atoms with Crippen molar-refractivity contribution in [2.75, 3.05) is 6.54 Å². The first-order chi connectivity index (χ1) is 10.3. The average molecular weight is 299 g/mol. The van der Waals surface area contributed by atoms with E-state index in [0.717, 1.165) is 28.8 Å². The molecule has 0 unspecified atom stereocenters. The van der Waals surface area contributed by atoms with Crippen molar-refractivity contribution in [3.05, 3.63) is 47.9 Å². The van der Waals surface area contributed by atoms with Gasteiger partial charge in [-0.1, -0.05) is 30.0 Å². The van der Waals surface area contributed by atoms with Crippen molar-refractivity contribution in [1.82, 2.24) is 19.7 Å². The van der Waals surface area contributed by atoms with Gasteiger partial charge in [-0.15, -0.1) is 10.2 Å². The molecule has 1 aromatic carbocycles. The molecule has 2 heterocycles. The van der Waals surface area contributed by atoms with Crippen LogP contribution < -0.4 is 5.73 Å². The van der Waals surface area contributed by atoms with Crippen molar-refractivity contribution in [2.24, 2.45) is 5.73 Å². The van der Waals surface area contributed by atoms with Crippen LogP contribution in [-0.2, 0) is 12.3 Å². The van der Waals surface area contributed by atoms with Crippen LogP contribution in [0.25, 0.3) is 10.9 Å². The van der Waals surface area contributed by atoms with Crippen LogP contribution in [-0.4, -0.2) is 26.3 Å². The molecule has 2 aromatic heterocycles. The zero-order valence-electron chi connectivity index (χ0n) is 11.9. The van der Waals surface area contributed by atoms with Gasteiger partial charge in [0.15, 0.2) is 5.16 Å². The largest absolute Gasteiger partial charge is 0.329 e. The number of aryl methyl sites for hydroxylation is 1. The van der Waals surface area contributed by atoms with Gasteiger partial charge in [-0.05, 0) is 24.6 Å². The highest BCUT2D eigenvalue weighted by molar-refractivity contribution is 7.98. The molecule has 5 nitrogen and oxygen atoms in total. The number of fused-ring (bicyclic) bond motifs is 1. The Kier molecular flexibility index (Phi) is 4.17. The maximum Gasteiger partial charge on any atom is 0.191 e. The highest BCUT2D eigenvalue weighted by Gasteiger charge is 2.10. The number of hydrogen-bond acceptors (Lipinski definition) is 5. The lowest BCUT2D eigenvalue weighted by Crippen LogP contribution is -2.12. The van der Waals surface area contributed by atoms with Crippen LogP contribution in [0.4, 0.5) is 0 Å². The van der Waals surface area contributed by atoms with E-state index in [0.29, 0.717) is 6.54 Å². The molecule has 0 aliphatic heterocycles. The summed E-state index contributed by atoms with van der Waals surface area (Å²) in [5, 5.41) is 10.5. The van der Waals surface area contributed by atoms with Crippen LogP contribution in [0.15, 0.2) is 41.7 Å². The monoisotopic (exact) mass is 299 g/mol. The number of para-hydroxylation sites is 1. The molecule has 0 saturated carbocycles. The molecule has 6 heteroatoms. The maximum absolute atomic E-state index is 5.65. The molecule has 0 aliphatic carbocycles. The first kappa shape index (κ1) is 14.0. The molecule has 108 valence electrons. The fourth-order valence-electron chi connectivity index (χ4n) is 2.28. The Morgan fingerprint density at radius 2 is 2.05 bits per heavy atom. The standard InChI is InChI=1S/C15H17N5S/c1-11-18-19-15(20(11)9-7-16)21-10-12-6-8-17-14-5-3-2-4-13(12)14/h2-6,8H,7,9-10,16H2,1H3. The molecule has 0 saturated heterocycles. The molecule has 2 N–H and O–H groups in total. The van der Waals surface area contributed by atoms with E-state index in [1.54, 1.807) is 11.8 Å². The number of hydrogen-bond donors (Lipinski definition) is 1. The predicted molar refractivity (Wildman–Crippen MR) is 85.1 cm³/mol. The second-order valence-electron chi connectivity index (χ2n) is 4.75. The van der Waals surface area contributed by atoms with Gasteiger partial charge in [-0.3, -0.25) is 4.98 Å². The van der Waals surface area contributed by atoms with Crippen molar-refractivity contribution >= 4 is 22.7 Å². The van der Waals surface area contributed by atoms with Gasteiger partial charge in [0, 0.05) is 30.4 Å². The fourth-order valence-corrected chi connectivity index (χ4v) is 3.29. The topological polar surface area (TPSA) is 69.6 Å². The van der Waals surface area contributed by atoms with E-state index in [1.165, 1.54) is 10.9 Å². The van der Waals surface area contributed by atoms with E-state index in [1.807, 2.05) is 31.3 Å². The summed E-state index contributed by atoms with van der Waals surface area (Å²) >= 11 is 1.68. The Morgan fingerprint density at radius 3 is 2.90 bits per heavy atom. The summed E-state index contributed by atoms with van der Waals surface area (Å²) in [6, 6.07) is 10.2. The number of aromatic nitrogens is 4. The SMILES string of the molecule is Cc1nnc(SCc2ccnc3ccccc23)n1CCN. The summed E-state index contributed by atoms with van der Waals surface area (Å²) in [5.74, 6) is 1.74. The molecule has 0 bridgehead atoms. The molecule has 3 aromatic rings. The van der Waals surface area contributed by atoms with E-state index in [9.17, 15) is 0 Å². The molecular formula is C15H17N5S. The maximum atomic E-state index is 5.65. The Bertz CT molecular complexity index is 747. The lowest BCUT2D eigenvalue weighted by atomic mass is 10.1. The van der Waals surface area contributed by atoms with Gasteiger partial charge in [-0.25, -0.2) is 0 Å². The van der Waals surface area contributed by atoms with Crippen LogP contribution in [0, 0.1) is 6.92 Å². The van der Waals surface area contributed by atoms with Gasteiger partial charge in [0.25, 0.3) is 0 Å². The van der Waals surface area contributed by atoms with Crippen molar-refractivity contribution in [2.45, 2.75) is 24.4 Å². The van der Waals surface area contributed by atoms with Crippen molar-refractivity contribution in [1.29, 1.82) is 0 Å². The Labute approximate surface area is 127 Å². The van der Waals surface area contributed by atoms with E-state index in [2.05, 4.69) is 31.9 Å². The minimum absolute atomic E-state index is 0.588. The Morgan fingerprint density at radius 1 is 1.19 bits per heavy atom. The van der Waals surface area contributed by atoms with Crippen LogP contribution in [0.2, 0.25) is 0 Å². The summed E-state index contributed by atoms with van der Waals surface area (Å²) in [4.78, 5) is 4.39. The smallest absolute Gasteiger partial charge is 0.191 e. The summed E-state index contributed by atoms with van der Waals surface area (Å²) in [5.41, 5.74) is 7.92. The molecule has 0 amide bonds. The highest BCUT2D eigenvalue weighted by atomic mass is 32.2. The number of nitrogens with two attached hydrogens (primary N) is 1. The summed E-state index contributed by atoms with van der Waals surface area (Å²) in [6.07, 6.45) is 1.86. The zero-order valence-corrected chi connectivity index (χ0v) is 12.7. The van der Waals surface area contributed by atoms with Gasteiger partial charge in [0.05, 0.1) is 5.52 Å². The van der Waals surface area contributed by atoms with Gasteiger partial charge in [0.1, 0.15) is 5.82 Å². The van der Waals surface area contributed by atoms with Crippen molar-refractivity contribution < 1.29 is 0 Å². The third-order valence-electron chi connectivity index (χ3n) is 3.35. The number of rotatable bonds is 5. The average Bonchev–Trinajstić information content (AvgIpc) is 2.86. The molecule has 21 heavy (non-hydrogen) atoms. The van der Waals surface area contributed by atoms with Gasteiger partial charge < -0.3 is 10.3 Å². The molecular weight excluding hydrogens is 282 g/mol. The Balaban J connectivity index is 1.84. The fraction of sp³-hybridized carbons (Fsp3) is 0.267. The van der Waals surface area contributed by atoms with Crippen molar-refractivity contribution in [3.8, 4) is 0 Å². The second kappa shape index (κ2) is 6.24. The third kappa shape index (κ3) is 2.91. The van der Waals surface area contributed by atoms with Gasteiger partial charge in [-0.2, -0.15) is 0 Å². The Hall–Kier alpha value is -1.92. The van der Waals surface area contributed by atoms with Crippen molar-refractivity contribution in [3.63, 3.8) is 0 Å². The van der Waals surface area contributed by atoms with Crippen LogP contribution in [0.3, 0.4) is 0 Å². The lowest BCUT2D eigenvalue weighted by molar-refractivity contribution is 0.627. The van der Waals surface area contributed by atoms with Crippen LogP contribution >= 0.6 is 11.8 Å². The molecule has 0 aliphatic rings. The zero-order chi connectivity index (χ0) is 14.7. The lowest BCUT2D eigenvalue weighted by Gasteiger charge is -2.08. The molecule has 0 radical (unpaired) electrons. The van der Waals surface area contributed by atoms with Gasteiger partial charge >= 0.3 is 0 Å². The number of pyridine rings is 1. The first-order valence-corrected chi connectivity index (χ1v) is 7.83. The molecule has 0 atom stereocenters. The van der Waals surface area contributed by atoms with E-state index in [-0.39, 0.29) is 0 Å². The summed E-state index contributed by atoms with van der Waals surface area (Å²) in [6.45, 7) is 3.29. The third-order valence-corrected chi connectivity index (χ3v) is 4.37. The van der Waals surface area contributed by atoms with E-state index < -0.39 is 0 Å². The number of nitrogens with zero attached hydrogens (tertiary/aromatic N) is 4. The molecule has 0 spiro atoms. The summed E-state index contributed by atoms with van der Waals surface area (Å²) in [7, 11) is 0. The predicted octanol–water partition coefficient (Wildman–Crippen LogP) is 2.39. The van der Waals surface area contributed by atoms with Crippen LogP contribution in [0.5, 0.6) is 0 Å². The number of thioether (sulfide) groups is 1. The van der Waals surface area contributed by atoms with Crippen LogP contribution in [0.1, 0.15) is 11.4 Å². The van der Waals surface area contributed by atoms with Gasteiger partial charge in [0.2, 0.25) is 0 Å². The molecule has 0 fully saturated rings. The number of benzene rings is 1. The normalized spacial score (nSPS) is 11.1. The minimum atomic E-state index is 0.588. The highest BCUT2D eigenvalue weighted by Crippen LogP contribution is 2.25. The summed E-state index contributed by atoms with van der Waals surface area (Å²) < 4.78 is 2.06. The molecule has 3 rings (SSSR count). The minimum Gasteiger partial charge on any atom is -0.329 e. The second-order valence-corrected chi connectivity index (χ2v) is 5.69. The first-order valence-electron chi connectivity index (χ1n) is 6.85.